The summed E-state index contributed by atoms with van der Waals surface area (Å²) in [6.45, 7) is 0. The lowest BCUT2D eigenvalue weighted by atomic mass is 9.98. The first-order chi connectivity index (χ1) is 7.25. The molecule has 0 radical (unpaired) electrons. The van der Waals surface area contributed by atoms with E-state index in [1.54, 1.807) is 13.1 Å². The highest BCUT2D eigenvalue weighted by Crippen LogP contribution is 2.21. The van der Waals surface area contributed by atoms with Crippen molar-refractivity contribution >= 4 is 0 Å². The van der Waals surface area contributed by atoms with Crippen LogP contribution in [0.2, 0.25) is 0 Å². The van der Waals surface area contributed by atoms with Crippen LogP contribution in [0.5, 0.6) is 5.88 Å². The van der Waals surface area contributed by atoms with E-state index in [0.29, 0.717) is 5.88 Å². The number of hydrogen-bond donors (Lipinski definition) is 0. The Labute approximate surface area is 88.9 Å². The van der Waals surface area contributed by atoms with Gasteiger partial charge in [0.15, 0.2) is 0 Å². The minimum atomic E-state index is -0.106. The molecule has 0 spiro atoms. The van der Waals surface area contributed by atoms with Crippen molar-refractivity contribution in [1.82, 2.24) is 9.78 Å². The Morgan fingerprint density at radius 3 is 2.73 bits per heavy atom. The number of rotatable bonds is 2. The van der Waals surface area contributed by atoms with Gasteiger partial charge in [0.25, 0.3) is 5.56 Å². The first-order valence-electron chi connectivity index (χ1n) is 5.47. The number of aryl methyl sites for hydroxylation is 1. The fourth-order valence-corrected chi connectivity index (χ4v) is 1.90. The fraction of sp³-hybridized carbons (Fsp3) is 0.636. The predicted molar refractivity (Wildman–Crippen MR) is 57.0 cm³/mol. The van der Waals surface area contributed by atoms with Crippen LogP contribution in [-0.4, -0.2) is 15.9 Å². The van der Waals surface area contributed by atoms with E-state index in [-0.39, 0.29) is 11.7 Å². The molecule has 0 N–H and O–H groups in total. The van der Waals surface area contributed by atoms with Crippen molar-refractivity contribution in [2.24, 2.45) is 7.05 Å². The van der Waals surface area contributed by atoms with Gasteiger partial charge in [-0.1, -0.05) is 6.42 Å². The maximum atomic E-state index is 11.1. The van der Waals surface area contributed by atoms with E-state index in [4.69, 9.17) is 4.74 Å². The second kappa shape index (κ2) is 4.47. The average Bonchev–Trinajstić information content (AvgIpc) is 2.25. The second-order valence-electron chi connectivity index (χ2n) is 4.01. The third kappa shape index (κ3) is 2.58. The van der Waals surface area contributed by atoms with Crippen molar-refractivity contribution in [2.45, 2.75) is 38.2 Å². The molecule has 0 unspecified atom stereocenters. The van der Waals surface area contributed by atoms with E-state index in [1.807, 2.05) is 0 Å². The summed E-state index contributed by atoms with van der Waals surface area (Å²) in [6, 6.07) is 3.14. The van der Waals surface area contributed by atoms with Gasteiger partial charge >= 0.3 is 0 Å². The molecular weight excluding hydrogens is 192 g/mol. The van der Waals surface area contributed by atoms with Gasteiger partial charge in [0, 0.05) is 19.2 Å². The Morgan fingerprint density at radius 2 is 2.07 bits per heavy atom. The zero-order valence-corrected chi connectivity index (χ0v) is 8.98. The maximum Gasteiger partial charge on any atom is 0.266 e. The van der Waals surface area contributed by atoms with Crippen LogP contribution in [0, 0.1) is 0 Å². The first-order valence-corrected chi connectivity index (χ1v) is 5.47. The number of hydrogen-bond acceptors (Lipinski definition) is 3. The lowest BCUT2D eigenvalue weighted by Gasteiger charge is -2.22. The zero-order chi connectivity index (χ0) is 10.7. The van der Waals surface area contributed by atoms with Gasteiger partial charge in [0.05, 0.1) is 0 Å². The third-order valence-electron chi connectivity index (χ3n) is 2.78. The molecule has 2 rings (SSSR count). The van der Waals surface area contributed by atoms with Gasteiger partial charge in [-0.25, -0.2) is 4.68 Å². The smallest absolute Gasteiger partial charge is 0.266 e. The molecule has 4 heteroatoms. The number of nitrogens with zero attached hydrogens (tertiary/aromatic N) is 2. The molecule has 1 aliphatic carbocycles. The SMILES string of the molecule is Cn1nc(OC2CCCCC2)ccc1=O. The average molecular weight is 208 g/mol. The van der Waals surface area contributed by atoms with Crippen LogP contribution >= 0.6 is 0 Å². The van der Waals surface area contributed by atoms with Gasteiger partial charge in [0.2, 0.25) is 5.88 Å². The number of ether oxygens (including phenoxy) is 1. The van der Waals surface area contributed by atoms with Gasteiger partial charge < -0.3 is 4.74 Å². The molecule has 0 bridgehead atoms. The highest BCUT2D eigenvalue weighted by molar-refractivity contribution is 5.06. The molecule has 15 heavy (non-hydrogen) atoms. The molecule has 1 fully saturated rings. The normalized spacial score (nSPS) is 17.7. The Kier molecular flexibility index (Phi) is 3.04. The van der Waals surface area contributed by atoms with Crippen LogP contribution in [-0.2, 0) is 7.05 Å². The highest BCUT2D eigenvalue weighted by atomic mass is 16.5. The van der Waals surface area contributed by atoms with Gasteiger partial charge in [0.1, 0.15) is 6.10 Å². The molecule has 0 atom stereocenters. The molecular formula is C11H16N2O2. The Morgan fingerprint density at radius 1 is 1.33 bits per heavy atom. The number of aromatic nitrogens is 2. The minimum absolute atomic E-state index is 0.106. The van der Waals surface area contributed by atoms with Crippen LogP contribution in [0.4, 0.5) is 0 Å². The van der Waals surface area contributed by atoms with Crippen LogP contribution < -0.4 is 10.3 Å². The minimum Gasteiger partial charge on any atom is -0.473 e. The van der Waals surface area contributed by atoms with Crippen LogP contribution in [0.1, 0.15) is 32.1 Å². The Hall–Kier alpha value is -1.32. The first kappa shape index (κ1) is 10.2. The van der Waals surface area contributed by atoms with E-state index in [1.165, 1.54) is 30.0 Å². The van der Waals surface area contributed by atoms with E-state index >= 15 is 0 Å². The monoisotopic (exact) mass is 208 g/mol. The van der Waals surface area contributed by atoms with Crippen LogP contribution in [0.3, 0.4) is 0 Å². The summed E-state index contributed by atoms with van der Waals surface area (Å²) in [7, 11) is 1.63. The summed E-state index contributed by atoms with van der Waals surface area (Å²) in [6.07, 6.45) is 6.26. The third-order valence-corrected chi connectivity index (χ3v) is 2.78. The summed E-state index contributed by atoms with van der Waals surface area (Å²) in [5.74, 6) is 0.559. The summed E-state index contributed by atoms with van der Waals surface area (Å²) in [5, 5.41) is 4.05. The summed E-state index contributed by atoms with van der Waals surface area (Å²) < 4.78 is 7.02. The molecule has 82 valence electrons. The largest absolute Gasteiger partial charge is 0.473 e. The van der Waals surface area contributed by atoms with Crippen molar-refractivity contribution in [2.75, 3.05) is 0 Å². The molecule has 1 saturated carbocycles. The second-order valence-corrected chi connectivity index (χ2v) is 4.01. The fourth-order valence-electron chi connectivity index (χ4n) is 1.90. The molecule has 0 saturated heterocycles. The maximum absolute atomic E-state index is 11.1. The van der Waals surface area contributed by atoms with Crippen molar-refractivity contribution in [1.29, 1.82) is 0 Å². The van der Waals surface area contributed by atoms with Crippen molar-refractivity contribution in [3.05, 3.63) is 22.5 Å². The van der Waals surface area contributed by atoms with Crippen molar-refractivity contribution in [3.63, 3.8) is 0 Å². The standard InChI is InChI=1S/C11H16N2O2/c1-13-11(14)8-7-10(12-13)15-9-5-3-2-4-6-9/h7-9H,2-6H2,1H3. The van der Waals surface area contributed by atoms with Crippen LogP contribution in [0.15, 0.2) is 16.9 Å². The van der Waals surface area contributed by atoms with E-state index in [0.717, 1.165) is 12.8 Å². The van der Waals surface area contributed by atoms with Gasteiger partial charge in [-0.3, -0.25) is 4.79 Å². The molecule has 0 aliphatic heterocycles. The molecule has 1 aromatic heterocycles. The van der Waals surface area contributed by atoms with Gasteiger partial charge in [-0.05, 0) is 25.7 Å². The summed E-state index contributed by atoms with van der Waals surface area (Å²) in [5.41, 5.74) is -0.106. The zero-order valence-electron chi connectivity index (χ0n) is 8.98. The molecule has 0 aromatic carbocycles. The Balaban J connectivity index is 2.03. The molecule has 0 amide bonds. The van der Waals surface area contributed by atoms with E-state index in [9.17, 15) is 4.79 Å². The van der Waals surface area contributed by atoms with Crippen LogP contribution in [0.25, 0.3) is 0 Å². The van der Waals surface area contributed by atoms with Gasteiger partial charge in [-0.2, -0.15) is 0 Å². The molecule has 1 heterocycles. The lowest BCUT2D eigenvalue weighted by molar-refractivity contribution is 0.145. The Bertz CT molecular complexity index is 380. The predicted octanol–water partition coefficient (Wildman–Crippen LogP) is 1.49. The van der Waals surface area contributed by atoms with E-state index in [2.05, 4.69) is 5.10 Å². The molecule has 1 aromatic rings. The summed E-state index contributed by atoms with van der Waals surface area (Å²) >= 11 is 0. The van der Waals surface area contributed by atoms with E-state index < -0.39 is 0 Å². The lowest BCUT2D eigenvalue weighted by Crippen LogP contribution is -2.23. The highest BCUT2D eigenvalue weighted by Gasteiger charge is 2.15. The quantitative estimate of drug-likeness (QED) is 0.739. The van der Waals surface area contributed by atoms with Gasteiger partial charge in [-0.15, -0.1) is 5.10 Å². The van der Waals surface area contributed by atoms with Crippen molar-refractivity contribution < 1.29 is 4.74 Å². The van der Waals surface area contributed by atoms with Crippen molar-refractivity contribution in [3.8, 4) is 5.88 Å². The topological polar surface area (TPSA) is 44.1 Å². The molecule has 1 aliphatic rings. The molecule has 4 nitrogen and oxygen atoms in total. The summed E-state index contributed by atoms with van der Waals surface area (Å²) in [4.78, 5) is 11.1.